The molecule has 0 bridgehead atoms. The third kappa shape index (κ3) is 2.99. The first kappa shape index (κ1) is 14.1. The smallest absolute Gasteiger partial charge is 0.270 e. The van der Waals surface area contributed by atoms with Gasteiger partial charge in [-0.3, -0.25) is 10.1 Å². The predicted molar refractivity (Wildman–Crippen MR) is 71.2 cm³/mol. The van der Waals surface area contributed by atoms with Crippen molar-refractivity contribution in [3.63, 3.8) is 0 Å². The van der Waals surface area contributed by atoms with Crippen LogP contribution >= 0.6 is 0 Å². The monoisotopic (exact) mass is 284 g/mol. The highest BCUT2D eigenvalue weighted by atomic mass is 32.2. The number of rotatable bonds is 3. The number of aryl methyl sites for hydroxylation is 1. The summed E-state index contributed by atoms with van der Waals surface area (Å²) in [5.74, 6) is 0. The van der Waals surface area contributed by atoms with E-state index in [0.29, 0.717) is 24.7 Å². The van der Waals surface area contributed by atoms with Gasteiger partial charge >= 0.3 is 0 Å². The van der Waals surface area contributed by atoms with Crippen molar-refractivity contribution in [3.05, 3.63) is 33.9 Å². The Morgan fingerprint density at radius 2 is 2.26 bits per heavy atom. The molecule has 19 heavy (non-hydrogen) atoms. The van der Waals surface area contributed by atoms with Crippen LogP contribution in [0.5, 0.6) is 0 Å². The van der Waals surface area contributed by atoms with Crippen LogP contribution in [0, 0.1) is 17.0 Å². The minimum atomic E-state index is -1.39. The quantitative estimate of drug-likeness (QED) is 0.625. The molecule has 1 aromatic rings. The van der Waals surface area contributed by atoms with Gasteiger partial charge in [0.1, 0.15) is 11.0 Å². The van der Waals surface area contributed by atoms with E-state index in [2.05, 4.69) is 0 Å². The molecule has 1 heterocycles. The zero-order valence-electron chi connectivity index (χ0n) is 10.9. The van der Waals surface area contributed by atoms with Gasteiger partial charge in [0.25, 0.3) is 5.69 Å². The number of nitro groups is 1. The maximum absolute atomic E-state index is 12.6. The van der Waals surface area contributed by atoms with Gasteiger partial charge in [-0.25, -0.2) is 8.51 Å². The molecule has 0 radical (unpaired) electrons. The van der Waals surface area contributed by atoms with Crippen molar-refractivity contribution in [2.24, 2.45) is 0 Å². The molecular weight excluding hydrogens is 268 g/mol. The normalized spacial score (nSPS) is 22.1. The first-order chi connectivity index (χ1) is 9.00. The van der Waals surface area contributed by atoms with Gasteiger partial charge in [0.2, 0.25) is 0 Å². The minimum absolute atomic E-state index is 0.0325. The third-order valence-corrected chi connectivity index (χ3v) is 4.87. The van der Waals surface area contributed by atoms with Crippen molar-refractivity contribution < 1.29 is 13.9 Å². The first-order valence-electron chi connectivity index (χ1n) is 6.02. The van der Waals surface area contributed by atoms with E-state index < -0.39 is 15.9 Å². The average molecular weight is 284 g/mol. The van der Waals surface area contributed by atoms with Crippen molar-refractivity contribution in [3.8, 4) is 0 Å². The lowest BCUT2D eigenvalue weighted by Crippen LogP contribution is -2.44. The van der Waals surface area contributed by atoms with Gasteiger partial charge in [0.15, 0.2) is 0 Å². The molecule has 2 atom stereocenters. The molecule has 0 aromatic heterocycles. The summed E-state index contributed by atoms with van der Waals surface area (Å²) in [6, 6.07) is 4.50. The van der Waals surface area contributed by atoms with Crippen LogP contribution in [0.4, 0.5) is 5.69 Å². The van der Waals surface area contributed by atoms with Gasteiger partial charge in [0.05, 0.1) is 23.0 Å². The van der Waals surface area contributed by atoms with E-state index in [1.807, 2.05) is 18.2 Å². The molecule has 1 aliphatic rings. The second-order valence-corrected chi connectivity index (χ2v) is 5.93. The minimum Gasteiger partial charge on any atom is -0.378 e. The van der Waals surface area contributed by atoms with Crippen LogP contribution in [0.3, 0.4) is 0 Å². The lowest BCUT2D eigenvalue weighted by Gasteiger charge is -2.32. The molecule has 6 nitrogen and oxygen atoms in total. The van der Waals surface area contributed by atoms with Crippen molar-refractivity contribution in [2.75, 3.05) is 19.8 Å². The summed E-state index contributed by atoms with van der Waals surface area (Å²) < 4.78 is 19.7. The number of benzene rings is 1. The number of non-ortho nitro benzene ring substituents is 1. The number of hydrogen-bond donors (Lipinski definition) is 0. The third-order valence-electron chi connectivity index (χ3n) is 3.09. The Labute approximate surface area is 114 Å². The zero-order chi connectivity index (χ0) is 14.0. The summed E-state index contributed by atoms with van der Waals surface area (Å²) in [6.45, 7) is 5.37. The fourth-order valence-corrected chi connectivity index (χ4v) is 3.42. The van der Waals surface area contributed by atoms with Gasteiger partial charge in [0, 0.05) is 24.7 Å². The second kappa shape index (κ2) is 5.77. The Bertz CT molecular complexity index is 520. The number of ether oxygens (including phenoxy) is 1. The van der Waals surface area contributed by atoms with E-state index in [0.717, 1.165) is 5.56 Å². The van der Waals surface area contributed by atoms with Crippen molar-refractivity contribution in [2.45, 2.75) is 24.8 Å². The molecule has 7 heteroatoms. The van der Waals surface area contributed by atoms with Crippen molar-refractivity contribution >= 4 is 16.7 Å². The average Bonchev–Trinajstić information content (AvgIpc) is 2.38. The summed E-state index contributed by atoms with van der Waals surface area (Å²) in [7, 11) is -1.39. The first-order valence-corrected chi connectivity index (χ1v) is 7.12. The standard InChI is InChI=1S/C12H16N2O4S/c1-9-3-4-11(14(15)16)7-12(9)19(17)13-5-6-18-8-10(13)2/h3-4,7,10H,5-6,8H2,1-2H3. The molecule has 0 N–H and O–H groups in total. The van der Waals surface area contributed by atoms with E-state index in [1.165, 1.54) is 12.1 Å². The number of hydrogen-bond acceptors (Lipinski definition) is 4. The predicted octanol–water partition coefficient (Wildman–Crippen LogP) is 1.65. The Hall–Kier alpha value is -1.31. The lowest BCUT2D eigenvalue weighted by molar-refractivity contribution is -0.385. The topological polar surface area (TPSA) is 72.7 Å². The Balaban J connectivity index is 2.32. The highest BCUT2D eigenvalue weighted by Crippen LogP contribution is 2.24. The SMILES string of the molecule is Cc1ccc([N+](=O)[O-])cc1S(=O)N1CCOCC1C. The molecule has 0 aliphatic carbocycles. The molecule has 0 spiro atoms. The van der Waals surface area contributed by atoms with E-state index in [-0.39, 0.29) is 11.7 Å². The van der Waals surface area contributed by atoms with E-state index in [9.17, 15) is 14.3 Å². The van der Waals surface area contributed by atoms with Gasteiger partial charge in [-0.05, 0) is 19.4 Å². The Morgan fingerprint density at radius 3 is 2.89 bits per heavy atom. The Morgan fingerprint density at radius 1 is 1.53 bits per heavy atom. The fourth-order valence-electron chi connectivity index (χ4n) is 1.98. The van der Waals surface area contributed by atoms with Gasteiger partial charge in [-0.2, -0.15) is 0 Å². The molecule has 1 saturated heterocycles. The van der Waals surface area contributed by atoms with E-state index in [1.54, 1.807) is 6.07 Å². The summed E-state index contributed by atoms with van der Waals surface area (Å²) in [4.78, 5) is 10.8. The van der Waals surface area contributed by atoms with Gasteiger partial charge in [-0.1, -0.05) is 6.07 Å². The molecule has 2 rings (SSSR count). The number of morpholine rings is 1. The van der Waals surface area contributed by atoms with Crippen LogP contribution in [0.15, 0.2) is 23.1 Å². The number of nitro benzene ring substituents is 1. The fraction of sp³-hybridized carbons (Fsp3) is 0.500. The molecule has 0 amide bonds. The molecule has 1 fully saturated rings. The molecule has 104 valence electrons. The van der Waals surface area contributed by atoms with Crippen LogP contribution in [0.1, 0.15) is 12.5 Å². The van der Waals surface area contributed by atoms with Gasteiger partial charge < -0.3 is 4.74 Å². The largest absolute Gasteiger partial charge is 0.378 e. The molecule has 0 saturated carbocycles. The highest BCUT2D eigenvalue weighted by Gasteiger charge is 2.26. The molecular formula is C12H16N2O4S. The van der Waals surface area contributed by atoms with Crippen LogP contribution in [0.25, 0.3) is 0 Å². The van der Waals surface area contributed by atoms with Crippen LogP contribution < -0.4 is 0 Å². The summed E-state index contributed by atoms with van der Waals surface area (Å²) in [6.07, 6.45) is 0. The van der Waals surface area contributed by atoms with Gasteiger partial charge in [-0.15, -0.1) is 0 Å². The van der Waals surface area contributed by atoms with Crippen LogP contribution in [0.2, 0.25) is 0 Å². The highest BCUT2D eigenvalue weighted by molar-refractivity contribution is 7.82. The van der Waals surface area contributed by atoms with E-state index >= 15 is 0 Å². The maximum atomic E-state index is 12.6. The zero-order valence-corrected chi connectivity index (χ0v) is 11.7. The number of nitrogens with zero attached hydrogens (tertiary/aromatic N) is 2. The maximum Gasteiger partial charge on any atom is 0.270 e. The Kier molecular flexibility index (Phi) is 4.28. The molecule has 2 unspecified atom stereocenters. The summed E-state index contributed by atoms with van der Waals surface area (Å²) >= 11 is 0. The van der Waals surface area contributed by atoms with Crippen molar-refractivity contribution in [1.29, 1.82) is 0 Å². The molecule has 1 aromatic carbocycles. The van der Waals surface area contributed by atoms with Crippen LogP contribution in [-0.4, -0.2) is 39.2 Å². The lowest BCUT2D eigenvalue weighted by atomic mass is 10.2. The molecule has 1 aliphatic heterocycles. The van der Waals surface area contributed by atoms with Crippen LogP contribution in [-0.2, 0) is 15.7 Å². The summed E-state index contributed by atoms with van der Waals surface area (Å²) in [5.41, 5.74) is 0.762. The van der Waals surface area contributed by atoms with E-state index in [4.69, 9.17) is 4.74 Å². The second-order valence-electron chi connectivity index (χ2n) is 4.52. The summed E-state index contributed by atoms with van der Waals surface area (Å²) in [5, 5.41) is 10.8. The van der Waals surface area contributed by atoms with Crippen molar-refractivity contribution in [1.82, 2.24) is 4.31 Å².